The highest BCUT2D eigenvalue weighted by Crippen LogP contribution is 2.08. The fraction of sp³-hybridized carbons (Fsp3) is 0.625. The smallest absolute Gasteiger partial charge is 0.222 e. The minimum Gasteiger partial charge on any atom is -0.379 e. The summed E-state index contributed by atoms with van der Waals surface area (Å²) in [6, 6.07) is 1.76. The van der Waals surface area contributed by atoms with Crippen molar-refractivity contribution in [1.29, 1.82) is 0 Å². The lowest BCUT2D eigenvalue weighted by molar-refractivity contribution is 0.0332. The van der Waals surface area contributed by atoms with Crippen LogP contribution < -0.4 is 5.73 Å². The fourth-order valence-corrected chi connectivity index (χ4v) is 1.39. The number of morpholine rings is 1. The predicted octanol–water partition coefficient (Wildman–Crippen LogP) is 0.0890. The van der Waals surface area contributed by atoms with E-state index in [-0.39, 0.29) is 0 Å². The zero-order valence-corrected chi connectivity index (χ0v) is 7.40. The minimum atomic E-state index is 0.378. The van der Waals surface area contributed by atoms with Gasteiger partial charge in [0.1, 0.15) is 0 Å². The van der Waals surface area contributed by atoms with Gasteiger partial charge in [-0.25, -0.2) is 0 Å². The molecule has 1 fully saturated rings. The molecule has 0 radical (unpaired) electrons. The summed E-state index contributed by atoms with van der Waals surface area (Å²) in [6.45, 7) is 4.30. The molecule has 0 unspecified atom stereocenters. The Morgan fingerprint density at radius 1 is 1.46 bits per heavy atom. The number of nitrogens with two attached hydrogens (primary N) is 1. The van der Waals surface area contributed by atoms with Crippen LogP contribution in [0.1, 0.15) is 5.69 Å². The van der Waals surface area contributed by atoms with Gasteiger partial charge in [-0.3, -0.25) is 4.90 Å². The molecule has 5 heteroatoms. The highest BCUT2D eigenvalue weighted by Gasteiger charge is 2.12. The lowest BCUT2D eigenvalue weighted by Crippen LogP contribution is -2.35. The van der Waals surface area contributed by atoms with Crippen LogP contribution in [0.2, 0.25) is 0 Å². The Kier molecular flexibility index (Phi) is 2.47. The first kappa shape index (κ1) is 8.52. The van der Waals surface area contributed by atoms with Crippen molar-refractivity contribution in [2.24, 2.45) is 0 Å². The van der Waals surface area contributed by atoms with Crippen molar-refractivity contribution in [2.75, 3.05) is 32.0 Å². The molecule has 0 bridgehead atoms. The van der Waals surface area contributed by atoms with Crippen molar-refractivity contribution in [3.8, 4) is 0 Å². The first-order valence-electron chi connectivity index (χ1n) is 4.36. The lowest BCUT2D eigenvalue weighted by Gasteiger charge is -2.25. The molecule has 5 nitrogen and oxygen atoms in total. The Labute approximate surface area is 76.4 Å². The molecule has 0 aromatic carbocycles. The number of anilines is 1. The summed E-state index contributed by atoms with van der Waals surface area (Å²) in [4.78, 5) is 2.26. The molecular weight excluding hydrogens is 170 g/mol. The van der Waals surface area contributed by atoms with Gasteiger partial charge in [0, 0.05) is 25.7 Å². The molecule has 72 valence electrons. The second kappa shape index (κ2) is 3.76. The Morgan fingerprint density at radius 2 is 2.23 bits per heavy atom. The number of ether oxygens (including phenoxy) is 1. The highest BCUT2D eigenvalue weighted by molar-refractivity contribution is 5.24. The number of aromatic nitrogens is 1. The molecule has 2 rings (SSSR count). The summed E-state index contributed by atoms with van der Waals surface area (Å²) in [5.74, 6) is 0.378. The SMILES string of the molecule is Nc1cc(CN2CCOCC2)no1. The Hall–Kier alpha value is -1.07. The maximum atomic E-state index is 5.41. The van der Waals surface area contributed by atoms with Crippen LogP contribution in [0.25, 0.3) is 0 Å². The average Bonchev–Trinajstić information content (AvgIpc) is 2.53. The van der Waals surface area contributed by atoms with Gasteiger partial charge in [-0.2, -0.15) is 0 Å². The van der Waals surface area contributed by atoms with Gasteiger partial charge >= 0.3 is 0 Å². The molecular formula is C8H13N3O2. The Morgan fingerprint density at radius 3 is 2.85 bits per heavy atom. The highest BCUT2D eigenvalue weighted by atomic mass is 16.5. The summed E-state index contributed by atoms with van der Waals surface area (Å²) in [5.41, 5.74) is 6.30. The monoisotopic (exact) mass is 183 g/mol. The van der Waals surface area contributed by atoms with Crippen molar-refractivity contribution in [3.05, 3.63) is 11.8 Å². The number of nitrogen functional groups attached to an aromatic ring is 1. The molecule has 1 aliphatic rings. The summed E-state index contributed by atoms with van der Waals surface area (Å²) >= 11 is 0. The zero-order valence-electron chi connectivity index (χ0n) is 7.40. The van der Waals surface area contributed by atoms with Crippen LogP contribution in [0.5, 0.6) is 0 Å². The first-order chi connectivity index (χ1) is 6.34. The third-order valence-electron chi connectivity index (χ3n) is 2.07. The molecule has 1 saturated heterocycles. The summed E-state index contributed by atoms with van der Waals surface area (Å²) < 4.78 is 10.0. The van der Waals surface area contributed by atoms with Crippen LogP contribution in [-0.2, 0) is 11.3 Å². The summed E-state index contributed by atoms with van der Waals surface area (Å²) in [5, 5.41) is 3.83. The molecule has 1 aromatic rings. The maximum absolute atomic E-state index is 5.41. The van der Waals surface area contributed by atoms with Crippen LogP contribution in [0.15, 0.2) is 10.6 Å². The second-order valence-corrected chi connectivity index (χ2v) is 3.11. The minimum absolute atomic E-state index is 0.378. The van der Waals surface area contributed by atoms with E-state index in [1.807, 2.05) is 0 Å². The van der Waals surface area contributed by atoms with Crippen molar-refractivity contribution in [2.45, 2.75) is 6.54 Å². The number of rotatable bonds is 2. The molecule has 0 aliphatic carbocycles. The third kappa shape index (κ3) is 2.19. The normalized spacial score (nSPS) is 19.1. The van der Waals surface area contributed by atoms with Gasteiger partial charge in [0.2, 0.25) is 5.88 Å². The van der Waals surface area contributed by atoms with E-state index in [0.29, 0.717) is 5.88 Å². The number of nitrogens with zero attached hydrogens (tertiary/aromatic N) is 2. The molecule has 0 amide bonds. The quantitative estimate of drug-likeness (QED) is 0.704. The molecule has 2 heterocycles. The molecule has 2 N–H and O–H groups in total. The van der Waals surface area contributed by atoms with E-state index in [1.165, 1.54) is 0 Å². The summed E-state index contributed by atoms with van der Waals surface area (Å²) in [6.07, 6.45) is 0. The van der Waals surface area contributed by atoms with E-state index in [9.17, 15) is 0 Å². The standard InChI is InChI=1S/C8H13N3O2/c9-8-5-7(10-13-8)6-11-1-3-12-4-2-11/h5H,1-4,6,9H2. The van der Waals surface area contributed by atoms with Crippen molar-refractivity contribution < 1.29 is 9.26 Å². The van der Waals surface area contributed by atoms with Crippen LogP contribution in [0.3, 0.4) is 0 Å². The van der Waals surface area contributed by atoms with Gasteiger partial charge in [0.15, 0.2) is 0 Å². The topological polar surface area (TPSA) is 64.5 Å². The summed E-state index contributed by atoms with van der Waals surface area (Å²) in [7, 11) is 0. The van der Waals surface area contributed by atoms with Gasteiger partial charge < -0.3 is 15.0 Å². The Balaban J connectivity index is 1.89. The molecule has 13 heavy (non-hydrogen) atoms. The number of hydrogen-bond donors (Lipinski definition) is 1. The van der Waals surface area contributed by atoms with E-state index in [2.05, 4.69) is 10.1 Å². The van der Waals surface area contributed by atoms with Crippen molar-refractivity contribution >= 4 is 5.88 Å². The zero-order chi connectivity index (χ0) is 9.10. The van der Waals surface area contributed by atoms with Crippen LogP contribution >= 0.6 is 0 Å². The second-order valence-electron chi connectivity index (χ2n) is 3.11. The van der Waals surface area contributed by atoms with E-state index in [4.69, 9.17) is 15.0 Å². The van der Waals surface area contributed by atoms with Crippen LogP contribution in [-0.4, -0.2) is 36.4 Å². The fourth-order valence-electron chi connectivity index (χ4n) is 1.39. The molecule has 0 atom stereocenters. The van der Waals surface area contributed by atoms with Crippen LogP contribution in [0, 0.1) is 0 Å². The van der Waals surface area contributed by atoms with Crippen molar-refractivity contribution in [1.82, 2.24) is 10.1 Å². The number of hydrogen-bond acceptors (Lipinski definition) is 5. The van der Waals surface area contributed by atoms with Gasteiger partial charge in [-0.1, -0.05) is 5.16 Å². The van der Waals surface area contributed by atoms with Gasteiger partial charge in [-0.05, 0) is 0 Å². The van der Waals surface area contributed by atoms with Crippen molar-refractivity contribution in [3.63, 3.8) is 0 Å². The van der Waals surface area contributed by atoms with Gasteiger partial charge in [0.05, 0.1) is 18.9 Å². The van der Waals surface area contributed by atoms with E-state index in [1.54, 1.807) is 6.07 Å². The molecule has 1 aliphatic heterocycles. The Bertz CT molecular complexity index is 268. The average molecular weight is 183 g/mol. The molecule has 0 saturated carbocycles. The first-order valence-corrected chi connectivity index (χ1v) is 4.36. The van der Waals surface area contributed by atoms with E-state index >= 15 is 0 Å². The lowest BCUT2D eigenvalue weighted by atomic mass is 10.3. The van der Waals surface area contributed by atoms with E-state index in [0.717, 1.165) is 38.5 Å². The maximum Gasteiger partial charge on any atom is 0.222 e. The molecule has 0 spiro atoms. The van der Waals surface area contributed by atoms with E-state index < -0.39 is 0 Å². The van der Waals surface area contributed by atoms with Gasteiger partial charge in [0.25, 0.3) is 0 Å². The molecule has 1 aromatic heterocycles. The predicted molar refractivity (Wildman–Crippen MR) is 47.0 cm³/mol. The largest absolute Gasteiger partial charge is 0.379 e. The van der Waals surface area contributed by atoms with Gasteiger partial charge in [-0.15, -0.1) is 0 Å². The van der Waals surface area contributed by atoms with Crippen LogP contribution in [0.4, 0.5) is 5.88 Å². The third-order valence-corrected chi connectivity index (χ3v) is 2.07.